The molecule has 1 aliphatic rings. The van der Waals surface area contributed by atoms with Crippen LogP contribution in [0, 0.1) is 11.8 Å². The lowest BCUT2D eigenvalue weighted by Crippen LogP contribution is -2.49. The second-order valence-corrected chi connectivity index (χ2v) is 12.2. The summed E-state index contributed by atoms with van der Waals surface area (Å²) in [5.41, 5.74) is 2.24. The van der Waals surface area contributed by atoms with Crippen molar-refractivity contribution < 1.29 is 24.0 Å². The van der Waals surface area contributed by atoms with Crippen molar-refractivity contribution in [3.8, 4) is 0 Å². The third kappa shape index (κ3) is 10.3. The smallest absolute Gasteiger partial charge is 0.289 e. The molecule has 0 radical (unpaired) electrons. The van der Waals surface area contributed by atoms with E-state index in [1.54, 1.807) is 6.07 Å². The van der Waals surface area contributed by atoms with Gasteiger partial charge in [-0.05, 0) is 50.3 Å². The Morgan fingerprint density at radius 1 is 0.867 bits per heavy atom. The lowest BCUT2D eigenvalue weighted by atomic mass is 9.80. The van der Waals surface area contributed by atoms with Gasteiger partial charge in [-0.3, -0.25) is 29.0 Å². The van der Waals surface area contributed by atoms with E-state index in [4.69, 9.17) is 0 Å². The molecule has 3 N–H and O–H groups in total. The molecule has 2 atom stereocenters. The Morgan fingerprint density at radius 3 is 2.27 bits per heavy atom. The minimum absolute atomic E-state index is 0.0534. The summed E-state index contributed by atoms with van der Waals surface area (Å²) in [5, 5.41) is 8.17. The summed E-state index contributed by atoms with van der Waals surface area (Å²) in [4.78, 5) is 74.9. The van der Waals surface area contributed by atoms with Crippen LogP contribution < -0.4 is 16.0 Å². The van der Waals surface area contributed by atoms with Crippen molar-refractivity contribution in [2.45, 2.75) is 90.3 Å². The topological polar surface area (TPSA) is 147 Å². The van der Waals surface area contributed by atoms with Crippen LogP contribution in [0.4, 0.5) is 0 Å². The number of para-hydroxylation sites is 2. The van der Waals surface area contributed by atoms with E-state index in [0.29, 0.717) is 17.5 Å². The van der Waals surface area contributed by atoms with Crippen molar-refractivity contribution in [1.29, 1.82) is 0 Å². The van der Waals surface area contributed by atoms with E-state index in [1.807, 2.05) is 62.4 Å². The second-order valence-electron chi connectivity index (χ2n) is 12.2. The molecule has 0 unspecified atom stereocenters. The molecule has 0 bridgehead atoms. The van der Waals surface area contributed by atoms with Crippen LogP contribution in [0.3, 0.4) is 0 Å². The summed E-state index contributed by atoms with van der Waals surface area (Å²) in [5.74, 6) is -3.23. The molecule has 45 heavy (non-hydrogen) atoms. The Labute approximate surface area is 264 Å². The zero-order valence-corrected chi connectivity index (χ0v) is 26.1. The van der Waals surface area contributed by atoms with Crippen LogP contribution in [0.25, 0.3) is 11.0 Å². The molecule has 2 aromatic carbocycles. The van der Waals surface area contributed by atoms with Gasteiger partial charge in [0.15, 0.2) is 5.78 Å². The molecule has 10 nitrogen and oxygen atoms in total. The van der Waals surface area contributed by atoms with E-state index in [-0.39, 0.29) is 55.2 Å². The number of carbonyl (C=O) groups is 5. The molecular weight excluding hydrogens is 570 g/mol. The van der Waals surface area contributed by atoms with Gasteiger partial charge in [-0.25, -0.2) is 4.98 Å². The molecule has 10 heteroatoms. The van der Waals surface area contributed by atoms with Crippen molar-refractivity contribution in [1.82, 2.24) is 25.9 Å². The Hall–Kier alpha value is -4.47. The van der Waals surface area contributed by atoms with Crippen molar-refractivity contribution in [2.75, 3.05) is 0 Å². The van der Waals surface area contributed by atoms with Crippen molar-refractivity contribution >= 4 is 40.3 Å². The van der Waals surface area contributed by atoms with Gasteiger partial charge in [-0.1, -0.05) is 74.6 Å². The highest BCUT2D eigenvalue weighted by Crippen LogP contribution is 2.31. The van der Waals surface area contributed by atoms with Gasteiger partial charge >= 0.3 is 0 Å². The highest BCUT2D eigenvalue weighted by molar-refractivity contribution is 6.38. The lowest BCUT2D eigenvalue weighted by molar-refractivity contribution is -0.141. The molecule has 0 saturated heterocycles. The monoisotopic (exact) mass is 613 g/mol. The number of benzene rings is 2. The first kappa shape index (κ1) is 33.4. The number of Topliss-reactive ketones (excluding diaryl/α,β-unsaturated/α-hetero) is 2. The maximum absolute atomic E-state index is 13.9. The SMILES string of the molecule is CC(C)NC(=O)CC[C@H](NC(=O)[C@@H](CC(=O)c1cnc2ccccc2n1)CC1CCCCC1)C(=O)C(=O)NCc1ccccc1. The van der Waals surface area contributed by atoms with Crippen molar-refractivity contribution in [3.05, 3.63) is 72.1 Å². The maximum atomic E-state index is 13.9. The average Bonchev–Trinajstić information content (AvgIpc) is 3.05. The quantitative estimate of drug-likeness (QED) is 0.169. The van der Waals surface area contributed by atoms with Crippen LogP contribution in [-0.4, -0.2) is 51.3 Å². The molecular formula is C35H43N5O5. The summed E-state index contributed by atoms with van der Waals surface area (Å²) in [6, 6.07) is 15.1. The molecule has 1 aliphatic carbocycles. The minimum atomic E-state index is -1.23. The summed E-state index contributed by atoms with van der Waals surface area (Å²) in [6.45, 7) is 3.80. The summed E-state index contributed by atoms with van der Waals surface area (Å²) in [6.07, 6.45) is 6.90. The molecule has 1 aromatic heterocycles. The van der Waals surface area contributed by atoms with E-state index < -0.39 is 29.6 Å². The Bertz CT molecular complexity index is 1490. The van der Waals surface area contributed by atoms with Crippen LogP contribution in [-0.2, 0) is 25.7 Å². The fraction of sp³-hybridized carbons (Fsp3) is 0.457. The van der Waals surface area contributed by atoms with Gasteiger partial charge in [0.1, 0.15) is 5.69 Å². The number of nitrogens with one attached hydrogen (secondary N) is 3. The van der Waals surface area contributed by atoms with Crippen LogP contribution >= 0.6 is 0 Å². The van der Waals surface area contributed by atoms with Crippen LogP contribution in [0.1, 0.15) is 87.7 Å². The molecule has 4 rings (SSSR count). The Kier molecular flexibility index (Phi) is 12.3. The summed E-state index contributed by atoms with van der Waals surface area (Å²) >= 11 is 0. The first-order valence-electron chi connectivity index (χ1n) is 15.9. The highest BCUT2D eigenvalue weighted by atomic mass is 16.2. The third-order valence-corrected chi connectivity index (χ3v) is 8.14. The van der Waals surface area contributed by atoms with Gasteiger partial charge in [0.2, 0.25) is 17.6 Å². The van der Waals surface area contributed by atoms with Gasteiger partial charge < -0.3 is 16.0 Å². The number of carbonyl (C=O) groups excluding carboxylic acids is 5. The standard InChI is InChI=1S/C35H43N5O5/c1-23(2)38-32(42)18-17-29(33(43)35(45)37-21-25-13-7-4-8-14-25)40-34(44)26(19-24-11-5-3-6-12-24)20-31(41)30-22-36-27-15-9-10-16-28(27)39-30/h4,7-10,13-16,22-24,26,29H,3,5-6,11-12,17-21H2,1-2H3,(H,37,45)(H,38,42)(H,40,44)/t26-,29+/m1/s1. The largest absolute Gasteiger partial charge is 0.354 e. The molecule has 0 aliphatic heterocycles. The summed E-state index contributed by atoms with van der Waals surface area (Å²) < 4.78 is 0. The number of aromatic nitrogens is 2. The van der Waals surface area contributed by atoms with Crippen LogP contribution in [0.5, 0.6) is 0 Å². The second kappa shape index (κ2) is 16.6. The van der Waals surface area contributed by atoms with Gasteiger partial charge in [-0.15, -0.1) is 0 Å². The first-order valence-corrected chi connectivity index (χ1v) is 15.9. The predicted octanol–water partition coefficient (Wildman–Crippen LogP) is 4.46. The number of amides is 3. The molecule has 3 amide bonds. The molecule has 1 fully saturated rings. The Morgan fingerprint density at radius 2 is 1.56 bits per heavy atom. The molecule has 1 saturated carbocycles. The first-order chi connectivity index (χ1) is 21.7. The number of hydrogen-bond donors (Lipinski definition) is 3. The number of fused-ring (bicyclic) bond motifs is 1. The zero-order chi connectivity index (χ0) is 32.2. The zero-order valence-electron chi connectivity index (χ0n) is 26.1. The van der Waals surface area contributed by atoms with Gasteiger partial charge in [0.05, 0.1) is 23.3 Å². The molecule has 0 spiro atoms. The number of hydrogen-bond acceptors (Lipinski definition) is 7. The minimum Gasteiger partial charge on any atom is -0.354 e. The van der Waals surface area contributed by atoms with Gasteiger partial charge in [0.25, 0.3) is 5.91 Å². The van der Waals surface area contributed by atoms with Crippen LogP contribution in [0.15, 0.2) is 60.8 Å². The van der Waals surface area contributed by atoms with Crippen LogP contribution in [0.2, 0.25) is 0 Å². The average molecular weight is 614 g/mol. The molecule has 238 valence electrons. The van der Waals surface area contributed by atoms with Crippen molar-refractivity contribution in [3.63, 3.8) is 0 Å². The predicted molar refractivity (Wildman–Crippen MR) is 171 cm³/mol. The lowest BCUT2D eigenvalue weighted by Gasteiger charge is -2.27. The third-order valence-electron chi connectivity index (χ3n) is 8.14. The van der Waals surface area contributed by atoms with E-state index in [9.17, 15) is 24.0 Å². The van der Waals surface area contributed by atoms with E-state index >= 15 is 0 Å². The fourth-order valence-electron chi connectivity index (χ4n) is 5.78. The van der Waals surface area contributed by atoms with E-state index in [1.165, 1.54) is 6.20 Å². The maximum Gasteiger partial charge on any atom is 0.289 e. The molecule has 3 aromatic rings. The van der Waals surface area contributed by atoms with E-state index in [0.717, 1.165) is 37.7 Å². The fourth-order valence-corrected chi connectivity index (χ4v) is 5.78. The van der Waals surface area contributed by atoms with Gasteiger partial charge in [-0.2, -0.15) is 0 Å². The van der Waals surface area contributed by atoms with Crippen molar-refractivity contribution in [2.24, 2.45) is 11.8 Å². The Balaban J connectivity index is 1.50. The van der Waals surface area contributed by atoms with E-state index in [2.05, 4.69) is 25.9 Å². The highest BCUT2D eigenvalue weighted by Gasteiger charge is 2.33. The number of nitrogens with zero attached hydrogens (tertiary/aromatic N) is 2. The number of ketones is 2. The normalized spacial score (nSPS) is 14.8. The van der Waals surface area contributed by atoms with Gasteiger partial charge in [0, 0.05) is 31.3 Å². The number of rotatable bonds is 15. The summed E-state index contributed by atoms with van der Waals surface area (Å²) in [7, 11) is 0. The molecule has 1 heterocycles.